The van der Waals surface area contributed by atoms with Crippen molar-refractivity contribution >= 4 is 29.1 Å². The van der Waals surface area contributed by atoms with E-state index in [9.17, 15) is 9.59 Å². The van der Waals surface area contributed by atoms with E-state index in [4.69, 9.17) is 16.3 Å². The Kier molecular flexibility index (Phi) is 5.19. The fraction of sp³-hybridized carbons (Fsp3) is 0.286. The molecule has 3 aliphatic rings. The van der Waals surface area contributed by atoms with Crippen LogP contribution < -0.4 is 4.90 Å². The van der Waals surface area contributed by atoms with Crippen LogP contribution in [0.3, 0.4) is 0 Å². The summed E-state index contributed by atoms with van der Waals surface area (Å²) in [5.41, 5.74) is 4.30. The van der Waals surface area contributed by atoms with Gasteiger partial charge in [0.25, 0.3) is 5.91 Å². The molecule has 3 aromatic rings. The zero-order valence-electron chi connectivity index (χ0n) is 18.7. The minimum atomic E-state index is -0.508. The van der Waals surface area contributed by atoms with Crippen LogP contribution in [-0.2, 0) is 21.5 Å². The Bertz CT molecular complexity index is 1270. The second kappa shape index (κ2) is 8.26. The van der Waals surface area contributed by atoms with Gasteiger partial charge in [-0.1, -0.05) is 54.1 Å². The summed E-state index contributed by atoms with van der Waals surface area (Å²) in [6.07, 6.45) is 0.802. The fourth-order valence-electron chi connectivity index (χ4n) is 5.54. The van der Waals surface area contributed by atoms with Gasteiger partial charge in [0.15, 0.2) is 0 Å². The summed E-state index contributed by atoms with van der Waals surface area (Å²) in [5.74, 6) is 0.302. The van der Waals surface area contributed by atoms with E-state index >= 15 is 0 Å². The molecule has 6 heteroatoms. The Morgan fingerprint density at radius 2 is 1.76 bits per heavy atom. The predicted molar refractivity (Wildman–Crippen MR) is 131 cm³/mol. The van der Waals surface area contributed by atoms with E-state index in [2.05, 4.69) is 6.07 Å². The van der Waals surface area contributed by atoms with Crippen LogP contribution in [0, 0.1) is 0 Å². The van der Waals surface area contributed by atoms with Crippen molar-refractivity contribution in [3.63, 3.8) is 0 Å². The number of benzene rings is 3. The van der Waals surface area contributed by atoms with E-state index in [0.717, 1.165) is 28.8 Å². The lowest BCUT2D eigenvalue weighted by Gasteiger charge is -2.27. The maximum absolute atomic E-state index is 13.9. The molecule has 6 rings (SSSR count). The van der Waals surface area contributed by atoms with Crippen molar-refractivity contribution in [2.24, 2.45) is 0 Å². The lowest BCUT2D eigenvalue weighted by Crippen LogP contribution is -2.40. The van der Waals surface area contributed by atoms with Crippen LogP contribution in [-0.4, -0.2) is 43.0 Å². The number of para-hydroxylation sites is 1. The maximum Gasteiger partial charge on any atom is 0.254 e. The van der Waals surface area contributed by atoms with Crippen LogP contribution in [0.1, 0.15) is 39.4 Å². The third-order valence-electron chi connectivity index (χ3n) is 7.35. The molecule has 2 heterocycles. The van der Waals surface area contributed by atoms with Crippen LogP contribution >= 0.6 is 11.6 Å². The lowest BCUT2D eigenvalue weighted by atomic mass is 9.92. The van der Waals surface area contributed by atoms with Gasteiger partial charge in [-0.3, -0.25) is 9.59 Å². The van der Waals surface area contributed by atoms with Crippen molar-refractivity contribution in [2.75, 3.05) is 31.2 Å². The van der Waals surface area contributed by atoms with Crippen molar-refractivity contribution < 1.29 is 14.3 Å². The van der Waals surface area contributed by atoms with E-state index in [1.165, 1.54) is 0 Å². The van der Waals surface area contributed by atoms with Gasteiger partial charge in [-0.15, -0.1) is 0 Å². The number of ether oxygens (including phenoxy) is 1. The number of nitrogens with zero attached hydrogens (tertiary/aromatic N) is 2. The molecule has 0 aromatic heterocycles. The quantitative estimate of drug-likeness (QED) is 0.549. The number of carbonyl (C=O) groups excluding carboxylic acids is 2. The van der Waals surface area contributed by atoms with Gasteiger partial charge in [0.05, 0.1) is 25.2 Å². The van der Waals surface area contributed by atoms with Crippen LogP contribution in [0.25, 0.3) is 0 Å². The minimum absolute atomic E-state index is 0.0137. The summed E-state index contributed by atoms with van der Waals surface area (Å²) in [4.78, 5) is 30.6. The smallest absolute Gasteiger partial charge is 0.254 e. The molecular weight excluding hydrogens is 448 g/mol. The number of halogens is 1. The Morgan fingerprint density at radius 1 is 1.00 bits per heavy atom. The van der Waals surface area contributed by atoms with E-state index in [1.807, 2.05) is 76.5 Å². The van der Waals surface area contributed by atoms with Gasteiger partial charge >= 0.3 is 0 Å². The molecule has 5 nitrogen and oxygen atoms in total. The number of rotatable bonds is 4. The van der Waals surface area contributed by atoms with Gasteiger partial charge in [-0.25, -0.2) is 0 Å². The van der Waals surface area contributed by atoms with Gasteiger partial charge < -0.3 is 14.5 Å². The SMILES string of the molecule is O=C(c1cccc(CN2C(=O)[C@]3(C[C@@H]3c3ccc(Cl)cc3)c3ccccc32)c1)N1CCOCC1. The summed E-state index contributed by atoms with van der Waals surface area (Å²) in [6, 6.07) is 23.6. The Balaban J connectivity index is 1.28. The number of anilines is 1. The fourth-order valence-corrected chi connectivity index (χ4v) is 5.66. The summed E-state index contributed by atoms with van der Waals surface area (Å²) in [7, 11) is 0. The second-order valence-corrected chi connectivity index (χ2v) is 9.73. The molecule has 0 unspecified atom stereocenters. The molecule has 3 aromatic carbocycles. The highest BCUT2D eigenvalue weighted by atomic mass is 35.5. The number of hydrogen-bond donors (Lipinski definition) is 0. The van der Waals surface area contributed by atoms with Gasteiger partial charge in [0, 0.05) is 35.3 Å². The number of fused-ring (bicyclic) bond motifs is 2. The molecule has 0 radical (unpaired) electrons. The molecule has 1 saturated heterocycles. The molecule has 2 atom stereocenters. The zero-order valence-corrected chi connectivity index (χ0v) is 19.5. The third-order valence-corrected chi connectivity index (χ3v) is 7.60. The molecule has 1 saturated carbocycles. The molecule has 2 aliphatic heterocycles. The number of amides is 2. The van der Waals surface area contributed by atoms with Gasteiger partial charge in [0.2, 0.25) is 5.91 Å². The van der Waals surface area contributed by atoms with Crippen LogP contribution in [0.2, 0.25) is 5.02 Å². The van der Waals surface area contributed by atoms with E-state index < -0.39 is 5.41 Å². The maximum atomic E-state index is 13.9. The molecule has 1 spiro atoms. The molecule has 2 fully saturated rings. The highest BCUT2D eigenvalue weighted by Gasteiger charge is 2.67. The highest BCUT2D eigenvalue weighted by Crippen LogP contribution is 2.66. The zero-order chi connectivity index (χ0) is 23.3. The number of morpholine rings is 1. The van der Waals surface area contributed by atoms with Crippen molar-refractivity contribution in [3.8, 4) is 0 Å². The molecule has 0 N–H and O–H groups in total. The van der Waals surface area contributed by atoms with E-state index in [-0.39, 0.29) is 17.7 Å². The van der Waals surface area contributed by atoms with E-state index in [1.54, 1.807) is 0 Å². The summed E-state index contributed by atoms with van der Waals surface area (Å²) in [6.45, 7) is 2.79. The topological polar surface area (TPSA) is 49.9 Å². The van der Waals surface area contributed by atoms with Gasteiger partial charge in [0.1, 0.15) is 0 Å². The average molecular weight is 473 g/mol. The lowest BCUT2D eigenvalue weighted by molar-refractivity contribution is -0.120. The van der Waals surface area contributed by atoms with Gasteiger partial charge in [-0.05, 0) is 53.4 Å². The molecule has 172 valence electrons. The van der Waals surface area contributed by atoms with Crippen LogP contribution in [0.4, 0.5) is 5.69 Å². The predicted octanol–water partition coefficient (Wildman–Crippen LogP) is 4.78. The average Bonchev–Trinajstić information content (AvgIpc) is 3.59. The molecule has 2 amide bonds. The van der Waals surface area contributed by atoms with Crippen LogP contribution in [0.15, 0.2) is 72.8 Å². The first-order chi connectivity index (χ1) is 16.6. The molecule has 1 aliphatic carbocycles. The second-order valence-electron chi connectivity index (χ2n) is 9.29. The van der Waals surface area contributed by atoms with Crippen molar-refractivity contribution in [1.82, 2.24) is 4.90 Å². The minimum Gasteiger partial charge on any atom is -0.378 e. The summed E-state index contributed by atoms with van der Waals surface area (Å²) in [5, 5.41) is 0.699. The Labute approximate surface area is 203 Å². The number of hydrogen-bond acceptors (Lipinski definition) is 3. The molecule has 0 bridgehead atoms. The van der Waals surface area contributed by atoms with Crippen molar-refractivity contribution in [2.45, 2.75) is 24.3 Å². The normalized spacial score (nSPS) is 23.3. The largest absolute Gasteiger partial charge is 0.378 e. The van der Waals surface area contributed by atoms with Crippen molar-refractivity contribution in [1.29, 1.82) is 0 Å². The first-order valence-electron chi connectivity index (χ1n) is 11.7. The van der Waals surface area contributed by atoms with Crippen LogP contribution in [0.5, 0.6) is 0 Å². The summed E-state index contributed by atoms with van der Waals surface area (Å²) >= 11 is 6.09. The molecular formula is C28H25ClN2O3. The first-order valence-corrected chi connectivity index (χ1v) is 12.1. The first kappa shape index (κ1) is 21.4. The standard InChI is InChI=1S/C28H25ClN2O3/c29-22-10-8-20(9-11-22)24-17-28(24)23-6-1-2-7-25(23)31(27(28)33)18-19-4-3-5-21(16-19)26(32)30-12-14-34-15-13-30/h1-11,16,24H,12-15,17-18H2/t24-,28-/m1/s1. The molecule has 34 heavy (non-hydrogen) atoms. The monoisotopic (exact) mass is 472 g/mol. The summed E-state index contributed by atoms with van der Waals surface area (Å²) < 4.78 is 5.37. The van der Waals surface area contributed by atoms with Crippen molar-refractivity contribution in [3.05, 3.63) is 100 Å². The Hall–Kier alpha value is -3.15. The third kappa shape index (κ3) is 3.42. The highest BCUT2D eigenvalue weighted by molar-refractivity contribution is 6.30. The Morgan fingerprint density at radius 3 is 2.56 bits per heavy atom. The van der Waals surface area contributed by atoms with E-state index in [0.29, 0.717) is 43.4 Å². The number of carbonyl (C=O) groups is 2. The van der Waals surface area contributed by atoms with Gasteiger partial charge in [-0.2, -0.15) is 0 Å².